The second kappa shape index (κ2) is 5.98. The molecule has 4 aromatic heterocycles. The van der Waals surface area contributed by atoms with Crippen molar-refractivity contribution in [2.24, 2.45) is 0 Å². The number of H-pyrrole nitrogens is 2. The van der Waals surface area contributed by atoms with Crippen LogP contribution in [-0.2, 0) is 0 Å². The highest BCUT2D eigenvalue weighted by atomic mass is 31.0. The van der Waals surface area contributed by atoms with Crippen LogP contribution in [0.2, 0.25) is 0 Å². The van der Waals surface area contributed by atoms with Gasteiger partial charge in [-0.25, -0.2) is 15.0 Å². The number of fused-ring (bicyclic) bond motifs is 2. The van der Waals surface area contributed by atoms with E-state index in [1.165, 1.54) is 28.9 Å². The molecule has 3 N–H and O–H groups in total. The summed E-state index contributed by atoms with van der Waals surface area (Å²) in [4.78, 5) is 39.2. The lowest BCUT2D eigenvalue weighted by Gasteiger charge is -1.94. The minimum atomic E-state index is -0.266. The normalized spacial score (nSPS) is 10.5. The van der Waals surface area contributed by atoms with Crippen LogP contribution in [0.5, 0.6) is 5.75 Å². The molecule has 0 saturated heterocycles. The number of pyridine rings is 1. The van der Waals surface area contributed by atoms with Crippen LogP contribution in [0, 0.1) is 0 Å². The van der Waals surface area contributed by atoms with Gasteiger partial charge in [-0.05, 0) is 6.07 Å². The highest BCUT2D eigenvalue weighted by molar-refractivity contribution is 7.26. The van der Waals surface area contributed by atoms with Gasteiger partial charge in [0.05, 0.1) is 0 Å². The third-order valence-electron chi connectivity index (χ3n) is 2.91. The van der Waals surface area contributed by atoms with Crippen LogP contribution in [0.4, 0.5) is 0 Å². The molecule has 0 saturated carbocycles. The van der Waals surface area contributed by atoms with E-state index >= 15 is 0 Å². The lowest BCUT2D eigenvalue weighted by molar-refractivity contribution is 0.477. The third-order valence-corrected chi connectivity index (χ3v) is 3.18. The van der Waals surface area contributed by atoms with Crippen LogP contribution >= 0.6 is 9.24 Å². The molecule has 4 rings (SSSR count). The fourth-order valence-corrected chi connectivity index (χ4v) is 2.17. The average Bonchev–Trinajstić information content (AvgIpc) is 3.02. The molecule has 1 atom stereocenters. The molecule has 4 heterocycles. The van der Waals surface area contributed by atoms with Crippen molar-refractivity contribution in [3.05, 3.63) is 57.6 Å². The van der Waals surface area contributed by atoms with E-state index < -0.39 is 0 Å². The maximum Gasteiger partial charge on any atom is 0.279 e. The Morgan fingerprint density at radius 1 is 1.17 bits per heavy atom. The standard InChI is InChI=1S/C7H6N2O2.C6H5N4OP/c10-5-1-2-6(11)9-4-3-8-7(5)9;11-5-3-4(8-2-1-7-3)9-6(12)10-5/h1-4,8,10H;1-2H,12H2,(H,8,9,10,11). The van der Waals surface area contributed by atoms with Gasteiger partial charge < -0.3 is 15.1 Å². The van der Waals surface area contributed by atoms with Crippen molar-refractivity contribution in [1.82, 2.24) is 29.3 Å². The molecule has 0 aliphatic heterocycles. The molecule has 0 bridgehead atoms. The number of imidazole rings is 1. The maximum absolute atomic E-state index is 11.2. The lowest BCUT2D eigenvalue weighted by Crippen LogP contribution is -2.19. The van der Waals surface area contributed by atoms with Crippen LogP contribution in [0.3, 0.4) is 0 Å². The first-order valence-corrected chi connectivity index (χ1v) is 6.98. The van der Waals surface area contributed by atoms with E-state index in [2.05, 4.69) is 34.2 Å². The second-order valence-corrected chi connectivity index (χ2v) is 4.96. The van der Waals surface area contributed by atoms with Gasteiger partial charge in [0.2, 0.25) is 0 Å². The zero-order valence-electron chi connectivity index (χ0n) is 11.6. The molecule has 1 unspecified atom stereocenters. The molecule has 0 aliphatic carbocycles. The Morgan fingerprint density at radius 3 is 2.74 bits per heavy atom. The summed E-state index contributed by atoms with van der Waals surface area (Å²) in [5.74, 6) is 0.0783. The maximum atomic E-state index is 11.2. The van der Waals surface area contributed by atoms with E-state index in [4.69, 9.17) is 0 Å². The number of rotatable bonds is 0. The molecular weight excluding hydrogens is 319 g/mol. The van der Waals surface area contributed by atoms with E-state index in [-0.39, 0.29) is 22.4 Å². The van der Waals surface area contributed by atoms with Crippen LogP contribution in [0.15, 0.2) is 46.5 Å². The van der Waals surface area contributed by atoms with Crippen LogP contribution in [-0.4, -0.2) is 34.4 Å². The zero-order valence-corrected chi connectivity index (χ0v) is 12.7. The highest BCUT2D eigenvalue weighted by Gasteiger charge is 2.01. The van der Waals surface area contributed by atoms with Gasteiger partial charge in [-0.3, -0.25) is 14.0 Å². The number of hydrogen-bond acceptors (Lipinski definition) is 6. The topological polar surface area (TPSA) is 129 Å². The quantitative estimate of drug-likeness (QED) is 0.374. The Balaban J connectivity index is 0.000000136. The number of hydrogen-bond donors (Lipinski definition) is 3. The molecule has 0 radical (unpaired) electrons. The monoisotopic (exact) mass is 330 g/mol. The van der Waals surface area contributed by atoms with Crippen molar-refractivity contribution < 1.29 is 5.11 Å². The number of aromatic nitrogens is 6. The first kappa shape index (κ1) is 14.9. The van der Waals surface area contributed by atoms with Gasteiger partial charge in [0.15, 0.2) is 22.6 Å². The summed E-state index contributed by atoms with van der Waals surface area (Å²) >= 11 is 0. The fourth-order valence-electron chi connectivity index (χ4n) is 1.92. The smallest absolute Gasteiger partial charge is 0.279 e. The third kappa shape index (κ3) is 2.95. The van der Waals surface area contributed by atoms with Gasteiger partial charge in [-0.2, -0.15) is 0 Å². The van der Waals surface area contributed by atoms with Gasteiger partial charge >= 0.3 is 0 Å². The number of nitrogens with one attached hydrogen (secondary N) is 2. The first-order chi connectivity index (χ1) is 11.1. The highest BCUT2D eigenvalue weighted by Crippen LogP contribution is 2.11. The molecule has 23 heavy (non-hydrogen) atoms. The van der Waals surface area contributed by atoms with Crippen molar-refractivity contribution in [1.29, 1.82) is 0 Å². The second-order valence-electron chi connectivity index (χ2n) is 4.42. The minimum Gasteiger partial charge on any atom is -0.504 e. The Hall–Kier alpha value is -3.06. The van der Waals surface area contributed by atoms with Gasteiger partial charge in [-0.1, -0.05) is 9.24 Å². The molecule has 10 heteroatoms. The van der Waals surface area contributed by atoms with Gasteiger partial charge in [0.1, 0.15) is 5.57 Å². The molecule has 0 amide bonds. The van der Waals surface area contributed by atoms with E-state index in [1.54, 1.807) is 12.4 Å². The fraction of sp³-hybridized carbons (Fsp3) is 0. The largest absolute Gasteiger partial charge is 0.504 e. The number of aromatic hydroxyl groups is 1. The predicted octanol–water partition coefficient (Wildman–Crippen LogP) is -0.453. The molecular formula is C13H11N6O3P. The zero-order chi connectivity index (χ0) is 16.4. The molecule has 0 fully saturated rings. The summed E-state index contributed by atoms with van der Waals surface area (Å²) in [6.45, 7) is 0. The van der Waals surface area contributed by atoms with Crippen molar-refractivity contribution in [3.8, 4) is 5.75 Å². The van der Waals surface area contributed by atoms with Crippen LogP contribution in [0.1, 0.15) is 0 Å². The van der Waals surface area contributed by atoms with Crippen LogP contribution in [0.25, 0.3) is 16.8 Å². The average molecular weight is 330 g/mol. The summed E-state index contributed by atoms with van der Waals surface area (Å²) in [5.41, 5.74) is 1.11. The van der Waals surface area contributed by atoms with Gasteiger partial charge in [0.25, 0.3) is 11.1 Å². The van der Waals surface area contributed by atoms with Crippen molar-refractivity contribution >= 4 is 31.6 Å². The number of nitrogens with zero attached hydrogens (tertiary/aromatic N) is 4. The predicted molar refractivity (Wildman–Crippen MR) is 87.0 cm³/mol. The summed E-state index contributed by atoms with van der Waals surface area (Å²) in [7, 11) is 2.30. The summed E-state index contributed by atoms with van der Waals surface area (Å²) < 4.78 is 1.34. The van der Waals surface area contributed by atoms with Crippen molar-refractivity contribution in [2.45, 2.75) is 0 Å². The molecule has 116 valence electrons. The molecule has 4 aromatic rings. The Labute approximate surface area is 130 Å². The SMILES string of the molecule is O=c1[nH]c(P)nc2nccnc12.O=c1ccc(O)c2[nH]ccn12. The van der Waals surface area contributed by atoms with E-state index in [9.17, 15) is 14.7 Å². The number of aromatic amines is 2. The van der Waals surface area contributed by atoms with Gasteiger partial charge in [-0.15, -0.1) is 0 Å². The molecule has 0 aromatic carbocycles. The molecule has 0 spiro atoms. The molecule has 9 nitrogen and oxygen atoms in total. The van der Waals surface area contributed by atoms with Gasteiger partial charge in [0, 0.05) is 30.9 Å². The van der Waals surface area contributed by atoms with E-state index in [0.29, 0.717) is 16.9 Å². The minimum absolute atomic E-state index is 0.0783. The van der Waals surface area contributed by atoms with Crippen LogP contribution < -0.4 is 16.7 Å². The Morgan fingerprint density at radius 2 is 1.96 bits per heavy atom. The van der Waals surface area contributed by atoms with Crippen molar-refractivity contribution in [3.63, 3.8) is 0 Å². The summed E-state index contributed by atoms with van der Waals surface area (Å²) in [5, 5.41) is 9.19. The summed E-state index contributed by atoms with van der Waals surface area (Å²) in [6, 6.07) is 2.68. The lowest BCUT2D eigenvalue weighted by atomic mass is 10.4. The summed E-state index contributed by atoms with van der Waals surface area (Å²) in [6.07, 6.45) is 6.12. The molecule has 0 aliphatic rings. The Bertz CT molecular complexity index is 1100. The Kier molecular flexibility index (Phi) is 3.86. The first-order valence-electron chi connectivity index (χ1n) is 6.40. The van der Waals surface area contributed by atoms with E-state index in [0.717, 1.165) is 0 Å². The van der Waals surface area contributed by atoms with E-state index in [1.807, 2.05) is 0 Å². The van der Waals surface area contributed by atoms with Crippen molar-refractivity contribution in [2.75, 3.05) is 0 Å².